The van der Waals surface area contributed by atoms with Gasteiger partial charge in [0.25, 0.3) is 0 Å². The lowest BCUT2D eigenvalue weighted by Gasteiger charge is -2.25. The third kappa shape index (κ3) is 5.98. The lowest BCUT2D eigenvalue weighted by molar-refractivity contribution is 0.294. The minimum atomic E-state index is 0.557. The van der Waals surface area contributed by atoms with Crippen LogP contribution in [0.5, 0.6) is 5.75 Å². The molecule has 1 N–H and O–H groups in total. The van der Waals surface area contributed by atoms with Gasteiger partial charge in [0.1, 0.15) is 12.4 Å². The van der Waals surface area contributed by atoms with E-state index in [1.54, 1.807) is 0 Å². The van der Waals surface area contributed by atoms with E-state index in [9.17, 15) is 0 Å². The number of hydrogen-bond acceptors (Lipinski definition) is 2. The molecule has 0 amide bonds. The second-order valence-corrected chi connectivity index (χ2v) is 8.67. The van der Waals surface area contributed by atoms with Gasteiger partial charge >= 0.3 is 0 Å². The second-order valence-electron chi connectivity index (χ2n) is 7.51. The average Bonchev–Trinajstić information content (AvgIpc) is 2.67. The van der Waals surface area contributed by atoms with E-state index in [4.69, 9.17) is 4.74 Å². The monoisotopic (exact) mass is 463 g/mol. The first-order valence-corrected chi connectivity index (χ1v) is 11.0. The molecular formula is C23H30INO. The van der Waals surface area contributed by atoms with Gasteiger partial charge in [-0.25, -0.2) is 0 Å². The molecule has 140 valence electrons. The fourth-order valence-electron chi connectivity index (χ4n) is 3.85. The van der Waals surface area contributed by atoms with Crippen molar-refractivity contribution >= 4 is 22.6 Å². The van der Waals surface area contributed by atoms with Crippen LogP contribution in [-0.2, 0) is 13.2 Å². The van der Waals surface area contributed by atoms with Gasteiger partial charge in [-0.2, -0.15) is 0 Å². The van der Waals surface area contributed by atoms with E-state index in [-0.39, 0.29) is 0 Å². The number of halogens is 1. The average molecular weight is 463 g/mol. The summed E-state index contributed by atoms with van der Waals surface area (Å²) in [5.74, 6) is 1.91. The molecule has 1 aliphatic rings. The SMILES string of the molecule is CC(CC1CCCCC1)NCc1ccccc1OCc1ccccc1I. The third-order valence-electron chi connectivity index (χ3n) is 5.37. The highest BCUT2D eigenvalue weighted by Gasteiger charge is 2.16. The van der Waals surface area contributed by atoms with Crippen molar-refractivity contribution in [3.05, 3.63) is 63.2 Å². The Morgan fingerprint density at radius 2 is 1.69 bits per heavy atom. The Labute approximate surface area is 171 Å². The van der Waals surface area contributed by atoms with Crippen LogP contribution >= 0.6 is 22.6 Å². The van der Waals surface area contributed by atoms with Gasteiger partial charge in [-0.05, 0) is 54.0 Å². The Balaban J connectivity index is 1.52. The summed E-state index contributed by atoms with van der Waals surface area (Å²) in [6, 6.07) is 17.4. The summed E-state index contributed by atoms with van der Waals surface area (Å²) < 4.78 is 7.39. The maximum absolute atomic E-state index is 6.14. The smallest absolute Gasteiger partial charge is 0.124 e. The van der Waals surface area contributed by atoms with Crippen LogP contribution in [0.1, 0.15) is 56.6 Å². The number of hydrogen-bond donors (Lipinski definition) is 1. The van der Waals surface area contributed by atoms with E-state index in [1.165, 1.54) is 53.2 Å². The molecule has 3 heteroatoms. The van der Waals surface area contributed by atoms with Crippen LogP contribution in [0.3, 0.4) is 0 Å². The van der Waals surface area contributed by atoms with Gasteiger partial charge in [0, 0.05) is 27.3 Å². The van der Waals surface area contributed by atoms with Crippen LogP contribution in [0.25, 0.3) is 0 Å². The number of rotatable bonds is 8. The molecule has 2 nitrogen and oxygen atoms in total. The maximum Gasteiger partial charge on any atom is 0.124 e. The van der Waals surface area contributed by atoms with E-state index in [2.05, 4.69) is 83.4 Å². The molecule has 0 radical (unpaired) electrons. The Kier molecular flexibility index (Phi) is 7.81. The summed E-state index contributed by atoms with van der Waals surface area (Å²) in [5.41, 5.74) is 2.48. The van der Waals surface area contributed by atoms with Crippen LogP contribution in [-0.4, -0.2) is 6.04 Å². The quantitative estimate of drug-likeness (QED) is 0.463. The standard InChI is InChI=1S/C23H30INO/c1-18(15-19-9-3-2-4-10-19)25-16-20-11-6-8-14-23(20)26-17-21-12-5-7-13-22(21)24/h5-8,11-14,18-19,25H,2-4,9-10,15-17H2,1H3. The zero-order valence-corrected chi connectivity index (χ0v) is 17.9. The van der Waals surface area contributed by atoms with Crippen LogP contribution in [0.2, 0.25) is 0 Å². The lowest BCUT2D eigenvalue weighted by atomic mass is 9.85. The first kappa shape index (κ1) is 19.7. The molecule has 0 aliphatic heterocycles. The van der Waals surface area contributed by atoms with Crippen molar-refractivity contribution in [1.82, 2.24) is 5.32 Å². The summed E-state index contributed by atoms with van der Waals surface area (Å²) in [7, 11) is 0. The lowest BCUT2D eigenvalue weighted by Crippen LogP contribution is -2.28. The zero-order chi connectivity index (χ0) is 18.2. The summed E-state index contributed by atoms with van der Waals surface area (Å²) >= 11 is 2.37. The van der Waals surface area contributed by atoms with E-state index < -0.39 is 0 Å². The van der Waals surface area contributed by atoms with Crippen LogP contribution in [0.15, 0.2) is 48.5 Å². The van der Waals surface area contributed by atoms with Gasteiger partial charge in [0.15, 0.2) is 0 Å². The summed E-state index contributed by atoms with van der Waals surface area (Å²) in [6.45, 7) is 3.81. The van der Waals surface area contributed by atoms with Crippen molar-refractivity contribution in [1.29, 1.82) is 0 Å². The fourth-order valence-corrected chi connectivity index (χ4v) is 4.40. The molecule has 2 aromatic carbocycles. The molecule has 1 aliphatic carbocycles. The minimum absolute atomic E-state index is 0.557. The van der Waals surface area contributed by atoms with Crippen molar-refractivity contribution in [2.24, 2.45) is 5.92 Å². The zero-order valence-electron chi connectivity index (χ0n) is 15.7. The van der Waals surface area contributed by atoms with Crippen LogP contribution in [0.4, 0.5) is 0 Å². The second kappa shape index (κ2) is 10.3. The number of para-hydroxylation sites is 1. The molecule has 0 saturated heterocycles. The largest absolute Gasteiger partial charge is 0.489 e. The molecule has 1 unspecified atom stereocenters. The predicted octanol–water partition coefficient (Wildman–Crippen LogP) is 6.32. The first-order valence-electron chi connectivity index (χ1n) is 9.90. The van der Waals surface area contributed by atoms with Crippen molar-refractivity contribution in [2.45, 2.75) is 64.6 Å². The molecule has 1 fully saturated rings. The molecule has 1 saturated carbocycles. The highest BCUT2D eigenvalue weighted by atomic mass is 127. The molecule has 0 bridgehead atoms. The van der Waals surface area contributed by atoms with E-state index >= 15 is 0 Å². The van der Waals surface area contributed by atoms with Crippen molar-refractivity contribution in [3.8, 4) is 5.75 Å². The molecule has 0 spiro atoms. The van der Waals surface area contributed by atoms with Crippen molar-refractivity contribution in [2.75, 3.05) is 0 Å². The Hall–Kier alpha value is -1.07. The Morgan fingerprint density at radius 3 is 2.46 bits per heavy atom. The molecule has 0 heterocycles. The van der Waals surface area contributed by atoms with Crippen molar-refractivity contribution < 1.29 is 4.74 Å². The summed E-state index contributed by atoms with van der Waals surface area (Å²) in [4.78, 5) is 0. The van der Waals surface area contributed by atoms with Gasteiger partial charge in [0.2, 0.25) is 0 Å². The normalized spacial score (nSPS) is 16.4. The molecule has 3 rings (SSSR count). The molecule has 2 aromatic rings. The minimum Gasteiger partial charge on any atom is -0.489 e. The van der Waals surface area contributed by atoms with Crippen LogP contribution < -0.4 is 10.1 Å². The van der Waals surface area contributed by atoms with E-state index in [1.807, 2.05) is 0 Å². The Morgan fingerprint density at radius 1 is 1.00 bits per heavy atom. The van der Waals surface area contributed by atoms with E-state index in [0.29, 0.717) is 12.6 Å². The predicted molar refractivity (Wildman–Crippen MR) is 117 cm³/mol. The highest BCUT2D eigenvalue weighted by molar-refractivity contribution is 14.1. The fraction of sp³-hybridized carbons (Fsp3) is 0.478. The molecule has 1 atom stereocenters. The van der Waals surface area contributed by atoms with Crippen LogP contribution in [0, 0.1) is 9.49 Å². The number of nitrogens with one attached hydrogen (secondary N) is 1. The highest BCUT2D eigenvalue weighted by Crippen LogP contribution is 2.27. The summed E-state index contributed by atoms with van der Waals surface area (Å²) in [6.07, 6.45) is 8.41. The van der Waals surface area contributed by atoms with Gasteiger partial charge in [-0.15, -0.1) is 0 Å². The van der Waals surface area contributed by atoms with E-state index in [0.717, 1.165) is 18.2 Å². The first-order chi connectivity index (χ1) is 12.7. The third-order valence-corrected chi connectivity index (χ3v) is 6.42. The molecular weight excluding hydrogens is 433 g/mol. The van der Waals surface area contributed by atoms with Gasteiger partial charge in [-0.1, -0.05) is 68.5 Å². The van der Waals surface area contributed by atoms with Crippen molar-refractivity contribution in [3.63, 3.8) is 0 Å². The molecule has 26 heavy (non-hydrogen) atoms. The maximum atomic E-state index is 6.14. The van der Waals surface area contributed by atoms with Gasteiger partial charge in [0.05, 0.1) is 0 Å². The van der Waals surface area contributed by atoms with Gasteiger partial charge < -0.3 is 10.1 Å². The topological polar surface area (TPSA) is 21.3 Å². The number of benzene rings is 2. The van der Waals surface area contributed by atoms with Gasteiger partial charge in [-0.3, -0.25) is 0 Å². The number of ether oxygens (including phenoxy) is 1. The Bertz CT molecular complexity index is 681. The summed E-state index contributed by atoms with van der Waals surface area (Å²) in [5, 5.41) is 3.71. The molecule has 0 aromatic heterocycles.